The third kappa shape index (κ3) is 1.45. The van der Waals surface area contributed by atoms with Gasteiger partial charge in [0, 0.05) is 27.7 Å². The summed E-state index contributed by atoms with van der Waals surface area (Å²) < 4.78 is 0. The molecule has 1 heterocycles. The summed E-state index contributed by atoms with van der Waals surface area (Å²) in [4.78, 5) is 3.21. The molecule has 3 N–H and O–H groups in total. The van der Waals surface area contributed by atoms with Crippen molar-refractivity contribution in [2.24, 2.45) is 5.73 Å². The van der Waals surface area contributed by atoms with E-state index in [0.29, 0.717) is 0 Å². The molecule has 0 atom stereocenters. The van der Waals surface area contributed by atoms with Crippen LogP contribution in [0.4, 0.5) is 0 Å². The number of benzene rings is 1. The first-order valence-electron chi connectivity index (χ1n) is 5.75. The molecular formula is C13H15ClN2. The maximum absolute atomic E-state index is 6.44. The Balaban J connectivity index is 2.18. The minimum Gasteiger partial charge on any atom is -0.361 e. The molecule has 1 fully saturated rings. The SMILES string of the molecule is NC1(c2cc3[nH]ccc3cc2Cl)CCCC1. The molecule has 16 heavy (non-hydrogen) atoms. The van der Waals surface area contributed by atoms with Gasteiger partial charge in [-0.1, -0.05) is 24.4 Å². The van der Waals surface area contributed by atoms with Crippen molar-refractivity contribution in [2.75, 3.05) is 0 Å². The Kier molecular flexibility index (Phi) is 2.23. The molecule has 0 amide bonds. The van der Waals surface area contributed by atoms with Crippen molar-refractivity contribution in [3.8, 4) is 0 Å². The third-order valence-corrected chi connectivity index (χ3v) is 3.99. The van der Waals surface area contributed by atoms with E-state index in [1.165, 1.54) is 12.8 Å². The Morgan fingerprint density at radius 3 is 2.75 bits per heavy atom. The topological polar surface area (TPSA) is 41.8 Å². The molecule has 3 heteroatoms. The predicted molar refractivity (Wildman–Crippen MR) is 67.6 cm³/mol. The highest BCUT2D eigenvalue weighted by atomic mass is 35.5. The van der Waals surface area contributed by atoms with E-state index in [2.05, 4.69) is 11.1 Å². The van der Waals surface area contributed by atoms with Gasteiger partial charge in [-0.15, -0.1) is 0 Å². The molecule has 1 aliphatic carbocycles. The van der Waals surface area contributed by atoms with E-state index in [9.17, 15) is 0 Å². The molecule has 0 aliphatic heterocycles. The smallest absolute Gasteiger partial charge is 0.0464 e. The zero-order valence-electron chi connectivity index (χ0n) is 9.09. The number of nitrogens with one attached hydrogen (secondary N) is 1. The van der Waals surface area contributed by atoms with Gasteiger partial charge < -0.3 is 10.7 Å². The van der Waals surface area contributed by atoms with Crippen LogP contribution in [0.1, 0.15) is 31.2 Å². The number of H-pyrrole nitrogens is 1. The van der Waals surface area contributed by atoms with E-state index < -0.39 is 0 Å². The minimum absolute atomic E-state index is 0.212. The standard InChI is InChI=1S/C13H15ClN2/c14-11-7-9-3-6-16-12(9)8-10(11)13(15)4-1-2-5-13/h3,6-8,16H,1-2,4-5,15H2. The highest BCUT2D eigenvalue weighted by Crippen LogP contribution is 2.40. The summed E-state index contributed by atoms with van der Waals surface area (Å²) in [6, 6.07) is 6.15. The van der Waals surface area contributed by atoms with Crippen LogP contribution in [-0.2, 0) is 5.54 Å². The third-order valence-electron chi connectivity index (χ3n) is 3.67. The van der Waals surface area contributed by atoms with Crippen LogP contribution in [-0.4, -0.2) is 4.98 Å². The molecule has 2 nitrogen and oxygen atoms in total. The van der Waals surface area contributed by atoms with Gasteiger partial charge in [-0.2, -0.15) is 0 Å². The highest BCUT2D eigenvalue weighted by Gasteiger charge is 2.33. The molecule has 1 saturated carbocycles. The van der Waals surface area contributed by atoms with Crippen LogP contribution in [0.5, 0.6) is 0 Å². The van der Waals surface area contributed by atoms with Gasteiger partial charge in [0.1, 0.15) is 0 Å². The van der Waals surface area contributed by atoms with E-state index in [4.69, 9.17) is 17.3 Å². The molecule has 1 aliphatic rings. The van der Waals surface area contributed by atoms with Gasteiger partial charge in [-0.05, 0) is 36.6 Å². The molecule has 1 aromatic carbocycles. The number of aromatic nitrogens is 1. The molecule has 0 spiro atoms. The van der Waals surface area contributed by atoms with Crippen molar-refractivity contribution < 1.29 is 0 Å². The number of aromatic amines is 1. The van der Waals surface area contributed by atoms with Gasteiger partial charge in [0.15, 0.2) is 0 Å². The highest BCUT2D eigenvalue weighted by molar-refractivity contribution is 6.32. The van der Waals surface area contributed by atoms with E-state index in [0.717, 1.165) is 34.3 Å². The first-order chi connectivity index (χ1) is 7.69. The molecule has 2 aromatic rings. The lowest BCUT2D eigenvalue weighted by Crippen LogP contribution is -2.33. The number of fused-ring (bicyclic) bond motifs is 1. The van der Waals surface area contributed by atoms with Crippen LogP contribution in [0.15, 0.2) is 24.4 Å². The van der Waals surface area contributed by atoms with Crippen LogP contribution < -0.4 is 5.73 Å². The Labute approximate surface area is 99.8 Å². The van der Waals surface area contributed by atoms with Crippen molar-refractivity contribution in [2.45, 2.75) is 31.2 Å². The average molecular weight is 235 g/mol. The lowest BCUT2D eigenvalue weighted by atomic mass is 9.89. The maximum Gasteiger partial charge on any atom is 0.0464 e. The van der Waals surface area contributed by atoms with E-state index in [1.807, 2.05) is 18.3 Å². The summed E-state index contributed by atoms with van der Waals surface area (Å²) in [5, 5.41) is 1.95. The summed E-state index contributed by atoms with van der Waals surface area (Å²) in [6.07, 6.45) is 6.42. The first kappa shape index (κ1) is 10.2. The van der Waals surface area contributed by atoms with Crippen LogP contribution in [0.25, 0.3) is 10.9 Å². The second kappa shape index (κ2) is 3.51. The van der Waals surface area contributed by atoms with Gasteiger partial charge in [-0.3, -0.25) is 0 Å². The molecule has 1 aromatic heterocycles. The lowest BCUT2D eigenvalue weighted by molar-refractivity contribution is 0.462. The van der Waals surface area contributed by atoms with Gasteiger partial charge in [0.05, 0.1) is 0 Å². The number of halogens is 1. The van der Waals surface area contributed by atoms with Crippen LogP contribution in [0.3, 0.4) is 0 Å². The molecule has 3 rings (SSSR count). The molecule has 0 bridgehead atoms. The molecule has 0 saturated heterocycles. The van der Waals surface area contributed by atoms with Crippen molar-refractivity contribution in [1.29, 1.82) is 0 Å². The number of hydrogen-bond acceptors (Lipinski definition) is 1. The Morgan fingerprint density at radius 2 is 2.00 bits per heavy atom. The maximum atomic E-state index is 6.44. The fourth-order valence-corrected chi connectivity index (χ4v) is 3.09. The summed E-state index contributed by atoms with van der Waals surface area (Å²) >= 11 is 6.34. The van der Waals surface area contributed by atoms with Crippen molar-refractivity contribution in [3.05, 3.63) is 35.0 Å². The van der Waals surface area contributed by atoms with Crippen LogP contribution in [0, 0.1) is 0 Å². The van der Waals surface area contributed by atoms with E-state index in [-0.39, 0.29) is 5.54 Å². The van der Waals surface area contributed by atoms with Gasteiger partial charge in [0.2, 0.25) is 0 Å². The van der Waals surface area contributed by atoms with Crippen molar-refractivity contribution >= 4 is 22.5 Å². The largest absolute Gasteiger partial charge is 0.361 e. The Morgan fingerprint density at radius 1 is 1.25 bits per heavy atom. The van der Waals surface area contributed by atoms with Crippen LogP contribution >= 0.6 is 11.6 Å². The molecule has 0 radical (unpaired) electrons. The number of rotatable bonds is 1. The monoisotopic (exact) mass is 234 g/mol. The Bertz CT molecular complexity index is 524. The predicted octanol–water partition coefficient (Wildman–Crippen LogP) is 3.55. The molecule has 84 valence electrons. The van der Waals surface area contributed by atoms with Crippen molar-refractivity contribution in [3.63, 3.8) is 0 Å². The fourth-order valence-electron chi connectivity index (χ4n) is 2.73. The zero-order valence-corrected chi connectivity index (χ0v) is 9.85. The van der Waals surface area contributed by atoms with E-state index >= 15 is 0 Å². The van der Waals surface area contributed by atoms with Crippen molar-refractivity contribution in [1.82, 2.24) is 4.98 Å². The number of nitrogens with two attached hydrogens (primary N) is 1. The molecular weight excluding hydrogens is 220 g/mol. The van der Waals surface area contributed by atoms with Gasteiger partial charge >= 0.3 is 0 Å². The fraction of sp³-hybridized carbons (Fsp3) is 0.385. The summed E-state index contributed by atoms with van der Waals surface area (Å²) in [7, 11) is 0. The summed E-state index contributed by atoms with van der Waals surface area (Å²) in [5.74, 6) is 0. The number of hydrogen-bond donors (Lipinski definition) is 2. The normalized spacial score (nSPS) is 19.4. The van der Waals surface area contributed by atoms with Gasteiger partial charge in [-0.25, -0.2) is 0 Å². The Hall–Kier alpha value is -0.990. The quantitative estimate of drug-likeness (QED) is 0.779. The van der Waals surface area contributed by atoms with Crippen LogP contribution in [0.2, 0.25) is 5.02 Å². The van der Waals surface area contributed by atoms with Gasteiger partial charge in [0.25, 0.3) is 0 Å². The average Bonchev–Trinajstić information content (AvgIpc) is 2.85. The summed E-state index contributed by atoms with van der Waals surface area (Å²) in [5.41, 5.74) is 8.45. The second-order valence-corrected chi connectivity index (χ2v) is 5.17. The second-order valence-electron chi connectivity index (χ2n) is 4.76. The molecule has 0 unspecified atom stereocenters. The summed E-state index contributed by atoms with van der Waals surface area (Å²) in [6.45, 7) is 0. The van der Waals surface area contributed by atoms with E-state index in [1.54, 1.807) is 0 Å². The first-order valence-corrected chi connectivity index (χ1v) is 6.13. The lowest BCUT2D eigenvalue weighted by Gasteiger charge is -2.25. The zero-order chi connectivity index (χ0) is 11.2. The minimum atomic E-state index is -0.212.